The van der Waals surface area contributed by atoms with Crippen molar-refractivity contribution in [2.45, 2.75) is 32.9 Å². The second kappa shape index (κ2) is 2.80. The molecule has 1 unspecified atom stereocenters. The zero-order chi connectivity index (χ0) is 9.47. The van der Waals surface area contributed by atoms with E-state index in [0.29, 0.717) is 11.5 Å². The summed E-state index contributed by atoms with van der Waals surface area (Å²) in [6.45, 7) is 5.39. The number of rotatable bonds is 3. The van der Waals surface area contributed by atoms with E-state index in [1.165, 1.54) is 6.42 Å². The molecule has 0 aliphatic heterocycles. The van der Waals surface area contributed by atoms with E-state index in [2.05, 4.69) is 29.5 Å². The molecule has 0 spiro atoms. The van der Waals surface area contributed by atoms with Crippen molar-refractivity contribution in [3.05, 3.63) is 11.9 Å². The van der Waals surface area contributed by atoms with Crippen LogP contribution in [-0.4, -0.2) is 21.0 Å². The van der Waals surface area contributed by atoms with Crippen LogP contribution in [0.1, 0.15) is 26.0 Å². The van der Waals surface area contributed by atoms with Crippen LogP contribution in [0, 0.1) is 5.41 Å². The molecule has 1 heterocycles. The van der Waals surface area contributed by atoms with Crippen LogP contribution >= 0.6 is 0 Å². The van der Waals surface area contributed by atoms with E-state index >= 15 is 0 Å². The van der Waals surface area contributed by atoms with Gasteiger partial charge in [-0.2, -0.15) is 0 Å². The fourth-order valence-corrected chi connectivity index (χ4v) is 1.52. The molecule has 0 bridgehead atoms. The molecule has 0 saturated heterocycles. The topological polar surface area (TPSA) is 42.7 Å². The molecule has 0 radical (unpaired) electrons. The van der Waals surface area contributed by atoms with Gasteiger partial charge in [0.25, 0.3) is 0 Å². The molecule has 1 aliphatic rings. The molecule has 4 heteroatoms. The molecule has 1 fully saturated rings. The van der Waals surface area contributed by atoms with Gasteiger partial charge < -0.3 is 5.32 Å². The van der Waals surface area contributed by atoms with Crippen molar-refractivity contribution >= 4 is 0 Å². The highest BCUT2D eigenvalue weighted by Gasteiger charge is 2.45. The molecule has 72 valence electrons. The van der Waals surface area contributed by atoms with E-state index in [9.17, 15) is 0 Å². The lowest BCUT2D eigenvalue weighted by Crippen LogP contribution is -2.20. The number of aromatic nitrogens is 3. The van der Waals surface area contributed by atoms with Crippen LogP contribution in [0.5, 0.6) is 0 Å². The second-order valence-electron chi connectivity index (χ2n) is 4.51. The standard InChI is InChI=1S/C9H16N4/c1-9(2)4-8(9)10-5-7-6-13(3)12-11-7/h6,8,10H,4-5H2,1-3H3. The molecule has 1 aromatic heterocycles. The van der Waals surface area contributed by atoms with E-state index in [1.54, 1.807) is 4.68 Å². The van der Waals surface area contributed by atoms with Gasteiger partial charge in [-0.25, -0.2) is 0 Å². The molecule has 1 N–H and O–H groups in total. The first-order valence-corrected chi connectivity index (χ1v) is 4.66. The Labute approximate surface area is 78.3 Å². The first-order valence-electron chi connectivity index (χ1n) is 4.66. The Kier molecular flexibility index (Phi) is 1.87. The largest absolute Gasteiger partial charge is 0.308 e. The van der Waals surface area contributed by atoms with Crippen molar-refractivity contribution in [3.8, 4) is 0 Å². The summed E-state index contributed by atoms with van der Waals surface area (Å²) in [5, 5.41) is 11.4. The van der Waals surface area contributed by atoms with Crippen LogP contribution < -0.4 is 5.32 Å². The van der Waals surface area contributed by atoms with Crippen molar-refractivity contribution < 1.29 is 0 Å². The summed E-state index contributed by atoms with van der Waals surface area (Å²) in [4.78, 5) is 0. The van der Waals surface area contributed by atoms with Gasteiger partial charge in [-0.05, 0) is 11.8 Å². The van der Waals surface area contributed by atoms with Gasteiger partial charge in [0.05, 0.1) is 5.69 Å². The fourth-order valence-electron chi connectivity index (χ4n) is 1.52. The Morgan fingerprint density at radius 3 is 2.85 bits per heavy atom. The Bertz CT molecular complexity index is 302. The average molecular weight is 180 g/mol. The lowest BCUT2D eigenvalue weighted by atomic mass is 10.2. The predicted molar refractivity (Wildman–Crippen MR) is 50.0 cm³/mol. The minimum absolute atomic E-state index is 0.488. The Morgan fingerprint density at radius 1 is 1.69 bits per heavy atom. The fraction of sp³-hybridized carbons (Fsp3) is 0.778. The number of hydrogen-bond acceptors (Lipinski definition) is 3. The monoisotopic (exact) mass is 180 g/mol. The number of aryl methyl sites for hydroxylation is 1. The first kappa shape index (κ1) is 8.69. The van der Waals surface area contributed by atoms with Crippen LogP contribution in [-0.2, 0) is 13.6 Å². The van der Waals surface area contributed by atoms with Gasteiger partial charge in [0.15, 0.2) is 0 Å². The van der Waals surface area contributed by atoms with E-state index in [1.807, 2.05) is 13.2 Å². The summed E-state index contributed by atoms with van der Waals surface area (Å²) >= 11 is 0. The molecule has 4 nitrogen and oxygen atoms in total. The highest BCUT2D eigenvalue weighted by molar-refractivity contribution is 5.03. The summed E-state index contributed by atoms with van der Waals surface area (Å²) in [5.41, 5.74) is 1.51. The summed E-state index contributed by atoms with van der Waals surface area (Å²) in [6.07, 6.45) is 3.22. The molecular weight excluding hydrogens is 164 g/mol. The van der Waals surface area contributed by atoms with Gasteiger partial charge in [-0.15, -0.1) is 5.10 Å². The molecule has 13 heavy (non-hydrogen) atoms. The van der Waals surface area contributed by atoms with Crippen molar-refractivity contribution in [1.82, 2.24) is 20.3 Å². The van der Waals surface area contributed by atoms with Gasteiger partial charge in [0, 0.05) is 25.8 Å². The number of nitrogens with one attached hydrogen (secondary N) is 1. The smallest absolute Gasteiger partial charge is 0.0964 e. The van der Waals surface area contributed by atoms with Crippen LogP contribution in [0.3, 0.4) is 0 Å². The molecular formula is C9H16N4. The van der Waals surface area contributed by atoms with Crippen molar-refractivity contribution in [3.63, 3.8) is 0 Å². The summed E-state index contributed by atoms with van der Waals surface area (Å²) in [7, 11) is 1.89. The van der Waals surface area contributed by atoms with Gasteiger partial charge in [-0.3, -0.25) is 4.68 Å². The van der Waals surface area contributed by atoms with E-state index < -0.39 is 0 Å². The Morgan fingerprint density at radius 2 is 2.38 bits per heavy atom. The lowest BCUT2D eigenvalue weighted by molar-refractivity contribution is 0.538. The number of nitrogens with zero attached hydrogens (tertiary/aromatic N) is 3. The first-order chi connectivity index (χ1) is 6.08. The SMILES string of the molecule is Cn1cc(CNC2CC2(C)C)nn1. The minimum Gasteiger partial charge on any atom is -0.308 e. The zero-order valence-electron chi connectivity index (χ0n) is 8.41. The van der Waals surface area contributed by atoms with Crippen LogP contribution in [0.15, 0.2) is 6.20 Å². The molecule has 0 aromatic carbocycles. The summed E-state index contributed by atoms with van der Waals surface area (Å²) in [6, 6.07) is 0.662. The third-order valence-corrected chi connectivity index (χ3v) is 2.69. The summed E-state index contributed by atoms with van der Waals surface area (Å²) < 4.78 is 1.73. The number of hydrogen-bond donors (Lipinski definition) is 1. The van der Waals surface area contributed by atoms with Gasteiger partial charge in [0.1, 0.15) is 0 Å². The highest BCUT2D eigenvalue weighted by Crippen LogP contribution is 2.44. The van der Waals surface area contributed by atoms with Crippen LogP contribution in [0.2, 0.25) is 0 Å². The molecule has 1 aliphatic carbocycles. The quantitative estimate of drug-likeness (QED) is 0.744. The molecule has 2 rings (SSSR count). The van der Waals surface area contributed by atoms with E-state index in [-0.39, 0.29) is 0 Å². The van der Waals surface area contributed by atoms with Crippen LogP contribution in [0.25, 0.3) is 0 Å². The maximum Gasteiger partial charge on any atom is 0.0964 e. The minimum atomic E-state index is 0.488. The third kappa shape index (κ3) is 1.88. The second-order valence-corrected chi connectivity index (χ2v) is 4.51. The molecule has 1 aromatic rings. The highest BCUT2D eigenvalue weighted by atomic mass is 15.4. The molecule has 1 atom stereocenters. The van der Waals surface area contributed by atoms with E-state index in [4.69, 9.17) is 0 Å². The molecule has 1 saturated carbocycles. The molecule has 0 amide bonds. The maximum atomic E-state index is 4.01. The third-order valence-electron chi connectivity index (χ3n) is 2.69. The van der Waals surface area contributed by atoms with Crippen molar-refractivity contribution in [1.29, 1.82) is 0 Å². The predicted octanol–water partition coefficient (Wildman–Crippen LogP) is 0.703. The maximum absolute atomic E-state index is 4.01. The van der Waals surface area contributed by atoms with Gasteiger partial charge >= 0.3 is 0 Å². The Hall–Kier alpha value is -0.900. The van der Waals surface area contributed by atoms with E-state index in [0.717, 1.165) is 12.2 Å². The Balaban J connectivity index is 1.81. The average Bonchev–Trinajstić information content (AvgIpc) is 2.45. The van der Waals surface area contributed by atoms with Crippen molar-refractivity contribution in [2.24, 2.45) is 12.5 Å². The van der Waals surface area contributed by atoms with Crippen LogP contribution in [0.4, 0.5) is 0 Å². The van der Waals surface area contributed by atoms with Crippen molar-refractivity contribution in [2.75, 3.05) is 0 Å². The lowest BCUT2D eigenvalue weighted by Gasteiger charge is -2.03. The zero-order valence-corrected chi connectivity index (χ0v) is 8.41. The van der Waals surface area contributed by atoms with Gasteiger partial charge in [0.2, 0.25) is 0 Å². The summed E-state index contributed by atoms with van der Waals surface area (Å²) in [5.74, 6) is 0. The normalized spacial score (nSPS) is 24.7. The van der Waals surface area contributed by atoms with Gasteiger partial charge in [-0.1, -0.05) is 19.1 Å².